The van der Waals surface area contributed by atoms with E-state index < -0.39 is 0 Å². The van der Waals surface area contributed by atoms with E-state index in [2.05, 4.69) is 27.3 Å². The number of pyridine rings is 1. The number of carbonyl (C=O) groups is 1. The minimum absolute atomic E-state index is 0.0643. The molecule has 5 rings (SSSR count). The predicted molar refractivity (Wildman–Crippen MR) is 109 cm³/mol. The van der Waals surface area contributed by atoms with Gasteiger partial charge in [0.25, 0.3) is 5.91 Å². The fourth-order valence-corrected chi connectivity index (χ4v) is 4.43. The van der Waals surface area contributed by atoms with Crippen LogP contribution in [0.2, 0.25) is 0 Å². The first kappa shape index (κ1) is 18.7. The number of benzene rings is 1. The maximum absolute atomic E-state index is 13.1. The minimum Gasteiger partial charge on any atom is -0.497 e. The zero-order valence-electron chi connectivity index (χ0n) is 16.8. The third-order valence-electron chi connectivity index (χ3n) is 6.05. The highest BCUT2D eigenvalue weighted by molar-refractivity contribution is 5.92. The Morgan fingerprint density at radius 2 is 1.93 bits per heavy atom. The Bertz CT molecular complexity index is 1060. The lowest BCUT2D eigenvalue weighted by Crippen LogP contribution is -2.48. The smallest absolute Gasteiger partial charge is 0.272 e. The first-order valence-electron chi connectivity index (χ1n) is 10.1. The van der Waals surface area contributed by atoms with Crippen LogP contribution in [-0.4, -0.2) is 57.4 Å². The molecule has 1 amide bonds. The van der Waals surface area contributed by atoms with Crippen molar-refractivity contribution in [2.75, 3.05) is 26.8 Å². The summed E-state index contributed by atoms with van der Waals surface area (Å²) >= 11 is 0. The van der Waals surface area contributed by atoms with E-state index in [1.54, 1.807) is 30.4 Å². The fourth-order valence-electron chi connectivity index (χ4n) is 4.43. The van der Waals surface area contributed by atoms with E-state index in [9.17, 15) is 4.79 Å². The molecule has 2 aliphatic rings. The highest BCUT2D eigenvalue weighted by Gasteiger charge is 2.42. The Labute approximate surface area is 174 Å². The van der Waals surface area contributed by atoms with Gasteiger partial charge >= 0.3 is 0 Å². The molecule has 0 saturated carbocycles. The second kappa shape index (κ2) is 7.53. The van der Waals surface area contributed by atoms with Crippen molar-refractivity contribution in [3.63, 3.8) is 0 Å². The number of ether oxygens (including phenoxy) is 2. The van der Waals surface area contributed by atoms with Crippen molar-refractivity contribution in [2.24, 2.45) is 0 Å². The zero-order valence-corrected chi connectivity index (χ0v) is 16.8. The third-order valence-corrected chi connectivity index (χ3v) is 6.05. The van der Waals surface area contributed by atoms with Gasteiger partial charge < -0.3 is 14.4 Å². The SMILES string of the molecule is COc1ccc2c(c1)CCOC21CCN(C(=O)c2cccc(-n3cnnc3)n2)CC1. The lowest BCUT2D eigenvalue weighted by Gasteiger charge is -2.45. The number of carbonyl (C=O) groups excluding carboxylic acids is 1. The molecular weight excluding hydrogens is 382 g/mol. The summed E-state index contributed by atoms with van der Waals surface area (Å²) in [5.41, 5.74) is 2.61. The second-order valence-electron chi connectivity index (χ2n) is 7.66. The van der Waals surface area contributed by atoms with E-state index >= 15 is 0 Å². The Kier molecular flexibility index (Phi) is 4.71. The topological polar surface area (TPSA) is 82.4 Å². The van der Waals surface area contributed by atoms with Crippen LogP contribution in [-0.2, 0) is 16.8 Å². The monoisotopic (exact) mass is 405 g/mol. The Hall–Kier alpha value is -3.26. The number of rotatable bonds is 3. The van der Waals surface area contributed by atoms with Gasteiger partial charge in [-0.2, -0.15) is 0 Å². The van der Waals surface area contributed by atoms with Gasteiger partial charge in [-0.1, -0.05) is 12.1 Å². The van der Waals surface area contributed by atoms with Gasteiger partial charge in [-0.3, -0.25) is 9.36 Å². The number of aromatic nitrogens is 4. The van der Waals surface area contributed by atoms with E-state index in [-0.39, 0.29) is 11.5 Å². The van der Waals surface area contributed by atoms with E-state index in [0.717, 1.165) is 25.0 Å². The summed E-state index contributed by atoms with van der Waals surface area (Å²) in [6.45, 7) is 1.95. The molecule has 1 saturated heterocycles. The zero-order chi connectivity index (χ0) is 20.6. The molecule has 1 fully saturated rings. The summed E-state index contributed by atoms with van der Waals surface area (Å²) in [6, 6.07) is 11.6. The van der Waals surface area contributed by atoms with Crippen LogP contribution < -0.4 is 4.74 Å². The number of hydrogen-bond donors (Lipinski definition) is 0. The molecule has 0 radical (unpaired) electrons. The van der Waals surface area contributed by atoms with Crippen molar-refractivity contribution < 1.29 is 14.3 Å². The number of fused-ring (bicyclic) bond motifs is 2. The highest BCUT2D eigenvalue weighted by Crippen LogP contribution is 2.42. The van der Waals surface area contributed by atoms with Gasteiger partial charge in [-0.25, -0.2) is 4.98 Å². The average molecular weight is 405 g/mol. The van der Waals surface area contributed by atoms with Crippen LogP contribution in [0.5, 0.6) is 5.75 Å². The second-order valence-corrected chi connectivity index (χ2v) is 7.66. The molecule has 154 valence electrons. The molecule has 0 N–H and O–H groups in total. The summed E-state index contributed by atoms with van der Waals surface area (Å²) in [5, 5.41) is 7.59. The molecule has 8 nitrogen and oxygen atoms in total. The molecule has 8 heteroatoms. The van der Waals surface area contributed by atoms with Crippen LogP contribution in [0.25, 0.3) is 5.82 Å². The number of piperidine rings is 1. The molecule has 0 aliphatic carbocycles. The van der Waals surface area contributed by atoms with Gasteiger partial charge in [0.15, 0.2) is 0 Å². The van der Waals surface area contributed by atoms with Gasteiger partial charge in [0.1, 0.15) is 29.9 Å². The molecule has 0 bridgehead atoms. The molecule has 4 heterocycles. The van der Waals surface area contributed by atoms with Crippen molar-refractivity contribution in [1.29, 1.82) is 0 Å². The van der Waals surface area contributed by atoms with Crippen LogP contribution in [0.3, 0.4) is 0 Å². The number of nitrogens with zero attached hydrogens (tertiary/aromatic N) is 5. The maximum atomic E-state index is 13.1. The van der Waals surface area contributed by atoms with Gasteiger partial charge in [0.2, 0.25) is 0 Å². The molecule has 30 heavy (non-hydrogen) atoms. The summed E-state index contributed by atoms with van der Waals surface area (Å²) in [6.07, 6.45) is 5.55. The van der Waals surface area contributed by atoms with Crippen LogP contribution in [0.15, 0.2) is 49.1 Å². The van der Waals surface area contributed by atoms with Crippen LogP contribution in [0, 0.1) is 0 Å². The Balaban J connectivity index is 1.34. The van der Waals surface area contributed by atoms with Gasteiger partial charge in [0.05, 0.1) is 19.3 Å². The summed E-state index contributed by atoms with van der Waals surface area (Å²) in [7, 11) is 1.69. The molecule has 2 aliphatic heterocycles. The van der Waals surface area contributed by atoms with Crippen molar-refractivity contribution >= 4 is 5.91 Å². The van der Waals surface area contributed by atoms with Crippen LogP contribution in [0.1, 0.15) is 34.5 Å². The van der Waals surface area contributed by atoms with E-state index in [1.807, 2.05) is 23.1 Å². The van der Waals surface area contributed by atoms with Crippen molar-refractivity contribution in [1.82, 2.24) is 24.6 Å². The molecule has 0 atom stereocenters. The summed E-state index contributed by atoms with van der Waals surface area (Å²) in [5.74, 6) is 1.43. The van der Waals surface area contributed by atoms with Crippen molar-refractivity contribution in [2.45, 2.75) is 24.9 Å². The largest absolute Gasteiger partial charge is 0.497 e. The quantitative estimate of drug-likeness (QED) is 0.665. The third kappa shape index (κ3) is 3.23. The number of likely N-dealkylation sites (tertiary alicyclic amines) is 1. The predicted octanol–water partition coefficient (Wildman–Crippen LogP) is 2.38. The molecule has 0 unspecified atom stereocenters. The Morgan fingerprint density at radius 1 is 1.13 bits per heavy atom. The first-order valence-corrected chi connectivity index (χ1v) is 10.1. The molecule has 2 aromatic heterocycles. The molecular formula is C22H23N5O3. The standard InChI is InChI=1S/C22H23N5O3/c1-29-17-5-6-18-16(13-17)7-12-30-22(18)8-10-26(11-9-22)21(28)19-3-2-4-20(25-19)27-14-23-24-15-27/h2-6,13-15H,7-12H2,1H3. The molecule has 1 spiro atoms. The summed E-state index contributed by atoms with van der Waals surface area (Å²) < 4.78 is 13.4. The minimum atomic E-state index is -0.325. The molecule has 1 aromatic carbocycles. The van der Waals surface area contributed by atoms with Gasteiger partial charge in [0, 0.05) is 13.1 Å². The van der Waals surface area contributed by atoms with E-state index in [0.29, 0.717) is 31.2 Å². The van der Waals surface area contributed by atoms with Gasteiger partial charge in [-0.05, 0) is 54.7 Å². The van der Waals surface area contributed by atoms with Crippen molar-refractivity contribution in [3.8, 4) is 11.6 Å². The van der Waals surface area contributed by atoms with E-state index in [4.69, 9.17) is 9.47 Å². The van der Waals surface area contributed by atoms with E-state index in [1.165, 1.54) is 11.1 Å². The first-order chi connectivity index (χ1) is 14.7. The number of methoxy groups -OCH3 is 1. The summed E-state index contributed by atoms with van der Waals surface area (Å²) in [4.78, 5) is 19.4. The number of hydrogen-bond acceptors (Lipinski definition) is 6. The maximum Gasteiger partial charge on any atom is 0.272 e. The van der Waals surface area contributed by atoms with Crippen LogP contribution >= 0.6 is 0 Å². The highest BCUT2D eigenvalue weighted by atomic mass is 16.5. The lowest BCUT2D eigenvalue weighted by atomic mass is 9.79. The lowest BCUT2D eigenvalue weighted by molar-refractivity contribution is -0.0935. The number of amides is 1. The molecule has 3 aromatic rings. The average Bonchev–Trinajstić information content (AvgIpc) is 3.34. The van der Waals surface area contributed by atoms with Crippen molar-refractivity contribution in [3.05, 3.63) is 65.9 Å². The fraction of sp³-hybridized carbons (Fsp3) is 0.364. The normalized spacial score (nSPS) is 17.6. The van der Waals surface area contributed by atoms with Gasteiger partial charge in [-0.15, -0.1) is 10.2 Å². The Morgan fingerprint density at radius 3 is 2.70 bits per heavy atom. The van der Waals surface area contributed by atoms with Crippen LogP contribution in [0.4, 0.5) is 0 Å².